The molecule has 0 spiro atoms. The smallest absolute Gasteiger partial charge is 0.238 e. The maximum absolute atomic E-state index is 12.8. The summed E-state index contributed by atoms with van der Waals surface area (Å²) in [4.78, 5) is 26.9. The summed E-state index contributed by atoms with van der Waals surface area (Å²) < 4.78 is 5.59. The molecule has 0 radical (unpaired) electrons. The van der Waals surface area contributed by atoms with E-state index in [0.29, 0.717) is 30.9 Å². The molecule has 1 aliphatic heterocycles. The molecular weight excluding hydrogens is 278 g/mol. The van der Waals surface area contributed by atoms with Crippen molar-refractivity contribution < 1.29 is 14.3 Å². The minimum absolute atomic E-state index is 0.0889. The SMILES string of the molecule is CCOc1ccccc1N1C(=O)[C@H]2CC(C)=C(C)C[C@@H]2C1=O. The van der Waals surface area contributed by atoms with Crippen LogP contribution in [0.5, 0.6) is 5.75 Å². The number of ether oxygens (including phenoxy) is 1. The van der Waals surface area contributed by atoms with Crippen molar-refractivity contribution in [1.29, 1.82) is 0 Å². The number of imide groups is 1. The van der Waals surface area contributed by atoms with Crippen LogP contribution in [0, 0.1) is 11.8 Å². The molecule has 2 atom stereocenters. The molecule has 0 aromatic heterocycles. The summed E-state index contributed by atoms with van der Waals surface area (Å²) in [5.74, 6) is -0.0217. The van der Waals surface area contributed by atoms with Crippen molar-refractivity contribution in [3.63, 3.8) is 0 Å². The van der Waals surface area contributed by atoms with Gasteiger partial charge < -0.3 is 4.74 Å². The molecule has 2 amide bonds. The molecule has 1 saturated heterocycles. The summed E-state index contributed by atoms with van der Waals surface area (Å²) >= 11 is 0. The van der Waals surface area contributed by atoms with Crippen LogP contribution in [0.4, 0.5) is 5.69 Å². The van der Waals surface area contributed by atoms with Crippen LogP contribution in [0.2, 0.25) is 0 Å². The molecule has 1 aromatic carbocycles. The number of fused-ring (bicyclic) bond motifs is 1. The largest absolute Gasteiger partial charge is 0.492 e. The van der Waals surface area contributed by atoms with Crippen molar-refractivity contribution in [3.8, 4) is 5.75 Å². The predicted molar refractivity (Wildman–Crippen MR) is 84.7 cm³/mol. The van der Waals surface area contributed by atoms with Crippen molar-refractivity contribution in [3.05, 3.63) is 35.4 Å². The number of para-hydroxylation sites is 2. The third-order valence-corrected chi connectivity index (χ3v) is 4.75. The van der Waals surface area contributed by atoms with Gasteiger partial charge in [-0.2, -0.15) is 0 Å². The summed E-state index contributed by atoms with van der Waals surface area (Å²) in [5, 5.41) is 0. The van der Waals surface area contributed by atoms with Gasteiger partial charge in [0.15, 0.2) is 0 Å². The van der Waals surface area contributed by atoms with E-state index in [1.807, 2.05) is 19.1 Å². The zero-order chi connectivity index (χ0) is 15.9. The first-order valence-electron chi connectivity index (χ1n) is 7.79. The number of hydrogen-bond donors (Lipinski definition) is 0. The number of carbonyl (C=O) groups is 2. The van der Waals surface area contributed by atoms with E-state index in [2.05, 4.69) is 13.8 Å². The topological polar surface area (TPSA) is 46.6 Å². The van der Waals surface area contributed by atoms with Crippen LogP contribution in [0.3, 0.4) is 0 Å². The lowest BCUT2D eigenvalue weighted by molar-refractivity contribution is -0.122. The Bertz CT molecular complexity index is 630. The number of anilines is 1. The summed E-state index contributed by atoms with van der Waals surface area (Å²) in [5.41, 5.74) is 3.05. The van der Waals surface area contributed by atoms with E-state index in [1.165, 1.54) is 16.0 Å². The summed E-state index contributed by atoms with van der Waals surface area (Å²) in [7, 11) is 0. The molecule has 0 N–H and O–H groups in total. The molecule has 1 heterocycles. The van der Waals surface area contributed by atoms with Crippen molar-refractivity contribution in [2.75, 3.05) is 11.5 Å². The molecule has 1 aliphatic carbocycles. The zero-order valence-corrected chi connectivity index (χ0v) is 13.3. The Balaban J connectivity index is 1.98. The van der Waals surface area contributed by atoms with Crippen LogP contribution in [0.15, 0.2) is 35.4 Å². The van der Waals surface area contributed by atoms with E-state index in [-0.39, 0.29) is 23.7 Å². The minimum atomic E-state index is -0.217. The highest BCUT2D eigenvalue weighted by atomic mass is 16.5. The van der Waals surface area contributed by atoms with Gasteiger partial charge in [0.25, 0.3) is 0 Å². The number of benzene rings is 1. The number of allylic oxidation sites excluding steroid dienone is 2. The first-order chi connectivity index (χ1) is 10.5. The fourth-order valence-electron chi connectivity index (χ4n) is 3.41. The van der Waals surface area contributed by atoms with E-state index in [1.54, 1.807) is 12.1 Å². The fourth-order valence-corrected chi connectivity index (χ4v) is 3.41. The average molecular weight is 299 g/mol. The average Bonchev–Trinajstić information content (AvgIpc) is 2.73. The monoisotopic (exact) mass is 299 g/mol. The van der Waals surface area contributed by atoms with Gasteiger partial charge in [0.1, 0.15) is 5.75 Å². The molecular formula is C18H21NO3. The van der Waals surface area contributed by atoms with Crippen molar-refractivity contribution >= 4 is 17.5 Å². The molecule has 3 rings (SSSR count). The third-order valence-electron chi connectivity index (χ3n) is 4.75. The lowest BCUT2D eigenvalue weighted by Gasteiger charge is -2.23. The molecule has 22 heavy (non-hydrogen) atoms. The van der Waals surface area contributed by atoms with Gasteiger partial charge in [-0.15, -0.1) is 0 Å². The van der Waals surface area contributed by atoms with Crippen molar-refractivity contribution in [2.45, 2.75) is 33.6 Å². The zero-order valence-electron chi connectivity index (χ0n) is 13.3. The van der Waals surface area contributed by atoms with E-state index in [0.717, 1.165) is 0 Å². The molecule has 4 heteroatoms. The highest BCUT2D eigenvalue weighted by Crippen LogP contribution is 2.44. The quantitative estimate of drug-likeness (QED) is 0.635. The van der Waals surface area contributed by atoms with E-state index in [4.69, 9.17) is 4.74 Å². The van der Waals surface area contributed by atoms with Crippen molar-refractivity contribution in [2.24, 2.45) is 11.8 Å². The van der Waals surface area contributed by atoms with E-state index < -0.39 is 0 Å². The number of rotatable bonds is 3. The molecule has 1 aromatic rings. The van der Waals surface area contributed by atoms with Crippen LogP contribution in [0.1, 0.15) is 33.6 Å². The summed E-state index contributed by atoms with van der Waals surface area (Å²) in [6.45, 7) is 6.50. The number of carbonyl (C=O) groups excluding carboxylic acids is 2. The number of amides is 2. The van der Waals surface area contributed by atoms with Crippen LogP contribution < -0.4 is 9.64 Å². The molecule has 1 fully saturated rings. The number of hydrogen-bond acceptors (Lipinski definition) is 3. The molecule has 0 unspecified atom stereocenters. The van der Waals surface area contributed by atoms with Crippen LogP contribution in [-0.2, 0) is 9.59 Å². The van der Waals surface area contributed by atoms with Gasteiger partial charge in [-0.25, -0.2) is 4.90 Å². The van der Waals surface area contributed by atoms with Gasteiger partial charge in [-0.05, 0) is 45.7 Å². The first kappa shape index (κ1) is 14.8. The van der Waals surface area contributed by atoms with Gasteiger partial charge in [-0.3, -0.25) is 9.59 Å². The second kappa shape index (κ2) is 5.59. The van der Waals surface area contributed by atoms with Crippen LogP contribution >= 0.6 is 0 Å². The van der Waals surface area contributed by atoms with Crippen molar-refractivity contribution in [1.82, 2.24) is 0 Å². The Morgan fingerprint density at radius 3 is 2.14 bits per heavy atom. The van der Waals surface area contributed by atoms with Gasteiger partial charge in [0, 0.05) is 0 Å². The normalized spacial score (nSPS) is 24.8. The highest BCUT2D eigenvalue weighted by Gasteiger charge is 2.50. The molecule has 116 valence electrons. The number of nitrogens with zero attached hydrogens (tertiary/aromatic N) is 1. The fraction of sp³-hybridized carbons (Fsp3) is 0.444. The maximum Gasteiger partial charge on any atom is 0.238 e. The third kappa shape index (κ3) is 2.23. The van der Waals surface area contributed by atoms with Gasteiger partial charge in [-0.1, -0.05) is 23.3 Å². The first-order valence-corrected chi connectivity index (χ1v) is 7.79. The Kier molecular flexibility index (Phi) is 3.77. The lowest BCUT2D eigenvalue weighted by Crippen LogP contribution is -2.31. The molecule has 0 bridgehead atoms. The van der Waals surface area contributed by atoms with Crippen LogP contribution in [-0.4, -0.2) is 18.4 Å². The highest BCUT2D eigenvalue weighted by molar-refractivity contribution is 6.23. The summed E-state index contributed by atoms with van der Waals surface area (Å²) in [6.07, 6.45) is 1.38. The maximum atomic E-state index is 12.8. The van der Waals surface area contributed by atoms with E-state index >= 15 is 0 Å². The Labute approximate surface area is 130 Å². The standard InChI is InChI=1S/C18H21NO3/c1-4-22-16-8-6-5-7-15(16)19-17(20)13-9-11(2)12(3)10-14(13)18(19)21/h5-8,13-14H,4,9-10H2,1-3H3/t13-,14-/m0/s1. The van der Waals surface area contributed by atoms with Crippen LogP contribution in [0.25, 0.3) is 0 Å². The Hall–Kier alpha value is -2.10. The lowest BCUT2D eigenvalue weighted by atomic mass is 9.78. The Morgan fingerprint density at radius 2 is 1.59 bits per heavy atom. The second-order valence-electron chi connectivity index (χ2n) is 6.09. The van der Waals surface area contributed by atoms with E-state index in [9.17, 15) is 9.59 Å². The predicted octanol–water partition coefficient (Wildman–Crippen LogP) is 3.32. The second-order valence-corrected chi connectivity index (χ2v) is 6.09. The van der Waals surface area contributed by atoms with Gasteiger partial charge in [0.05, 0.1) is 24.1 Å². The minimum Gasteiger partial charge on any atom is -0.492 e. The molecule has 2 aliphatic rings. The van der Waals surface area contributed by atoms with Gasteiger partial charge in [0.2, 0.25) is 11.8 Å². The molecule has 4 nitrogen and oxygen atoms in total. The molecule has 0 saturated carbocycles. The Morgan fingerprint density at radius 1 is 1.05 bits per heavy atom. The van der Waals surface area contributed by atoms with Gasteiger partial charge >= 0.3 is 0 Å². The summed E-state index contributed by atoms with van der Waals surface area (Å²) in [6, 6.07) is 7.26.